The summed E-state index contributed by atoms with van der Waals surface area (Å²) in [5, 5.41) is 7.14. The van der Waals surface area contributed by atoms with Crippen molar-refractivity contribution in [1.29, 1.82) is 0 Å². The topological polar surface area (TPSA) is 82.8 Å². The van der Waals surface area contributed by atoms with Gasteiger partial charge < -0.3 is 24.1 Å². The van der Waals surface area contributed by atoms with E-state index in [2.05, 4.69) is 24.3 Å². The van der Waals surface area contributed by atoms with E-state index in [1.54, 1.807) is 0 Å². The summed E-state index contributed by atoms with van der Waals surface area (Å²) in [5.74, 6) is 3.05. The molecule has 1 N–H and O–H groups in total. The number of rotatable bonds is 12. The smallest absolute Gasteiger partial charge is 0.224 e. The van der Waals surface area contributed by atoms with Gasteiger partial charge in [0, 0.05) is 0 Å². The Morgan fingerprint density at radius 2 is 1.66 bits per heavy atom. The van der Waals surface area contributed by atoms with Crippen LogP contribution < -0.4 is 19.5 Å². The molecule has 0 aliphatic rings. The highest BCUT2D eigenvalue weighted by molar-refractivity contribution is 5.79. The number of amides is 1. The third kappa shape index (κ3) is 7.01. The van der Waals surface area contributed by atoms with E-state index >= 15 is 0 Å². The molecule has 1 amide bonds. The third-order valence-electron chi connectivity index (χ3n) is 5.76. The van der Waals surface area contributed by atoms with Crippen LogP contribution in [-0.2, 0) is 17.8 Å². The Hall–Kier alpha value is -3.48. The molecule has 3 aromatic rings. The van der Waals surface area contributed by atoms with Crippen molar-refractivity contribution in [3.63, 3.8) is 0 Å². The van der Waals surface area contributed by atoms with Gasteiger partial charge in [-0.05, 0) is 69.0 Å². The molecule has 0 bridgehead atoms. The van der Waals surface area contributed by atoms with Gasteiger partial charge in [0.2, 0.25) is 5.91 Å². The first kappa shape index (κ1) is 26.1. The van der Waals surface area contributed by atoms with Crippen LogP contribution in [0.1, 0.15) is 61.9 Å². The van der Waals surface area contributed by atoms with Crippen molar-refractivity contribution >= 4 is 5.91 Å². The van der Waals surface area contributed by atoms with Crippen LogP contribution in [-0.4, -0.2) is 24.3 Å². The van der Waals surface area contributed by atoms with Gasteiger partial charge in [-0.3, -0.25) is 4.79 Å². The molecule has 0 radical (unpaired) electrons. The van der Waals surface area contributed by atoms with Gasteiger partial charge in [0.15, 0.2) is 11.5 Å². The number of nitrogens with one attached hydrogen (secondary N) is 1. The molecule has 35 heavy (non-hydrogen) atoms. The largest absolute Gasteiger partial charge is 0.490 e. The molecular weight excluding hydrogens is 444 g/mol. The number of benzene rings is 2. The Balaban J connectivity index is 1.63. The molecule has 3 rings (SSSR count). The number of nitrogens with zero attached hydrogens (tertiary/aromatic N) is 1. The lowest BCUT2D eigenvalue weighted by Crippen LogP contribution is -2.32. The van der Waals surface area contributed by atoms with Crippen LogP contribution in [0.15, 0.2) is 47.0 Å². The fraction of sp³-hybridized carbons (Fsp3) is 0.429. The van der Waals surface area contributed by atoms with Crippen LogP contribution in [0.2, 0.25) is 0 Å². The molecule has 7 heteroatoms. The number of aryl methyl sites for hydroxylation is 2. The van der Waals surface area contributed by atoms with E-state index in [1.165, 1.54) is 0 Å². The van der Waals surface area contributed by atoms with Gasteiger partial charge in [-0.25, -0.2) is 0 Å². The number of hydrogen-bond acceptors (Lipinski definition) is 6. The monoisotopic (exact) mass is 480 g/mol. The standard InChI is InChI=1S/C28H36N2O5/c1-7-32-25-14-11-22(16-26(25)33-8-2)28(18(3)4)29-27(31)15-21-9-12-23(13-10-21)34-17-24-19(5)30-35-20(24)6/h9-14,16,18,28H,7-8,15,17H2,1-6H3,(H,29,31). The number of ether oxygens (including phenoxy) is 3. The fourth-order valence-electron chi connectivity index (χ4n) is 3.87. The molecule has 7 nitrogen and oxygen atoms in total. The zero-order valence-corrected chi connectivity index (χ0v) is 21.5. The first-order valence-corrected chi connectivity index (χ1v) is 12.1. The molecule has 1 aromatic heterocycles. The molecule has 0 saturated heterocycles. The Kier molecular flexibility index (Phi) is 9.18. The van der Waals surface area contributed by atoms with Crippen LogP contribution in [0, 0.1) is 19.8 Å². The van der Waals surface area contributed by atoms with Crippen molar-refractivity contribution in [3.05, 3.63) is 70.6 Å². The maximum absolute atomic E-state index is 12.9. The zero-order valence-electron chi connectivity index (χ0n) is 21.5. The normalized spacial score (nSPS) is 11.9. The molecule has 0 saturated carbocycles. The minimum atomic E-state index is -0.143. The summed E-state index contributed by atoms with van der Waals surface area (Å²) in [6.07, 6.45) is 0.280. The van der Waals surface area contributed by atoms with Gasteiger partial charge >= 0.3 is 0 Å². The van der Waals surface area contributed by atoms with E-state index in [9.17, 15) is 4.79 Å². The van der Waals surface area contributed by atoms with Crippen molar-refractivity contribution in [3.8, 4) is 17.2 Å². The highest BCUT2D eigenvalue weighted by Gasteiger charge is 2.20. The second-order valence-corrected chi connectivity index (χ2v) is 8.77. The van der Waals surface area contributed by atoms with Crippen molar-refractivity contribution in [2.45, 2.75) is 60.6 Å². The Morgan fingerprint density at radius 3 is 2.26 bits per heavy atom. The van der Waals surface area contributed by atoms with E-state index < -0.39 is 0 Å². The summed E-state index contributed by atoms with van der Waals surface area (Å²) in [5.41, 5.74) is 3.69. The summed E-state index contributed by atoms with van der Waals surface area (Å²) in [7, 11) is 0. The Labute approximate surface area is 207 Å². The third-order valence-corrected chi connectivity index (χ3v) is 5.76. The molecule has 0 fully saturated rings. The SMILES string of the molecule is CCOc1ccc(C(NC(=O)Cc2ccc(OCc3c(C)noc3C)cc2)C(C)C)cc1OCC. The average molecular weight is 481 g/mol. The van der Waals surface area contributed by atoms with Gasteiger partial charge in [0.1, 0.15) is 18.1 Å². The maximum Gasteiger partial charge on any atom is 0.224 e. The van der Waals surface area contributed by atoms with E-state index in [0.717, 1.165) is 33.9 Å². The van der Waals surface area contributed by atoms with Gasteiger partial charge in [-0.15, -0.1) is 0 Å². The lowest BCUT2D eigenvalue weighted by molar-refractivity contribution is -0.121. The Bertz CT molecular complexity index is 1090. The summed E-state index contributed by atoms with van der Waals surface area (Å²) >= 11 is 0. The van der Waals surface area contributed by atoms with Crippen LogP contribution >= 0.6 is 0 Å². The second kappa shape index (κ2) is 12.3. The molecule has 0 spiro atoms. The van der Waals surface area contributed by atoms with Gasteiger partial charge in [-0.2, -0.15) is 0 Å². The highest BCUT2D eigenvalue weighted by Crippen LogP contribution is 2.33. The molecule has 1 atom stereocenters. The second-order valence-electron chi connectivity index (χ2n) is 8.77. The number of aromatic nitrogens is 1. The number of carbonyl (C=O) groups is 1. The number of hydrogen-bond donors (Lipinski definition) is 1. The van der Waals surface area contributed by atoms with E-state index in [0.29, 0.717) is 31.3 Å². The predicted octanol–water partition coefficient (Wildman–Crippen LogP) is 5.72. The summed E-state index contributed by atoms with van der Waals surface area (Å²) in [6, 6.07) is 13.3. The van der Waals surface area contributed by atoms with Crippen molar-refractivity contribution in [1.82, 2.24) is 10.5 Å². The first-order valence-electron chi connectivity index (χ1n) is 12.1. The molecule has 1 unspecified atom stereocenters. The molecule has 2 aromatic carbocycles. The van der Waals surface area contributed by atoms with E-state index in [-0.39, 0.29) is 24.3 Å². The lowest BCUT2D eigenvalue weighted by Gasteiger charge is -2.24. The average Bonchev–Trinajstić information content (AvgIpc) is 3.15. The van der Waals surface area contributed by atoms with Crippen molar-refractivity contribution in [2.24, 2.45) is 5.92 Å². The van der Waals surface area contributed by atoms with Gasteiger partial charge in [-0.1, -0.05) is 37.2 Å². The van der Waals surface area contributed by atoms with Crippen molar-refractivity contribution < 1.29 is 23.5 Å². The molecule has 0 aliphatic heterocycles. The minimum absolute atomic E-state index is 0.0417. The quantitative estimate of drug-likeness (QED) is 0.357. The van der Waals surface area contributed by atoms with Gasteiger partial charge in [0.05, 0.1) is 36.9 Å². The van der Waals surface area contributed by atoms with Crippen molar-refractivity contribution in [2.75, 3.05) is 13.2 Å². The Morgan fingerprint density at radius 1 is 0.971 bits per heavy atom. The highest BCUT2D eigenvalue weighted by atomic mass is 16.5. The summed E-state index contributed by atoms with van der Waals surface area (Å²) in [4.78, 5) is 12.9. The molecular formula is C28H36N2O5. The minimum Gasteiger partial charge on any atom is -0.490 e. The fourth-order valence-corrected chi connectivity index (χ4v) is 3.87. The first-order chi connectivity index (χ1) is 16.8. The molecule has 1 heterocycles. The van der Waals surface area contributed by atoms with Crippen LogP contribution in [0.5, 0.6) is 17.2 Å². The predicted molar refractivity (Wildman–Crippen MR) is 135 cm³/mol. The van der Waals surface area contributed by atoms with Crippen LogP contribution in [0.4, 0.5) is 0 Å². The van der Waals surface area contributed by atoms with Crippen LogP contribution in [0.25, 0.3) is 0 Å². The van der Waals surface area contributed by atoms with E-state index in [4.69, 9.17) is 18.7 Å². The summed E-state index contributed by atoms with van der Waals surface area (Å²) < 4.78 is 22.5. The van der Waals surface area contributed by atoms with Gasteiger partial charge in [0.25, 0.3) is 0 Å². The van der Waals surface area contributed by atoms with Crippen LogP contribution in [0.3, 0.4) is 0 Å². The molecule has 0 aliphatic carbocycles. The molecule has 188 valence electrons. The zero-order chi connectivity index (χ0) is 25.4. The van der Waals surface area contributed by atoms with E-state index in [1.807, 2.05) is 70.2 Å². The lowest BCUT2D eigenvalue weighted by atomic mass is 9.95. The number of carbonyl (C=O) groups excluding carboxylic acids is 1. The summed E-state index contributed by atoms with van der Waals surface area (Å²) in [6.45, 7) is 13.3. The maximum atomic E-state index is 12.9.